The van der Waals surface area contributed by atoms with Gasteiger partial charge in [-0.15, -0.1) is 0 Å². The minimum atomic E-state index is -0.382. The van der Waals surface area contributed by atoms with Crippen LogP contribution in [0, 0.1) is 0 Å². The summed E-state index contributed by atoms with van der Waals surface area (Å²) in [5.41, 5.74) is 2.91. The number of likely N-dealkylation sites (N-methyl/N-ethyl adjacent to an activating group) is 1. The van der Waals surface area contributed by atoms with E-state index in [1.165, 1.54) is 16.7 Å². The van der Waals surface area contributed by atoms with Crippen LogP contribution in [0.2, 0.25) is 0 Å². The fourth-order valence-electron chi connectivity index (χ4n) is 3.57. The van der Waals surface area contributed by atoms with Gasteiger partial charge in [0.25, 0.3) is 5.91 Å². The molecule has 7 nitrogen and oxygen atoms in total. The van der Waals surface area contributed by atoms with Crippen molar-refractivity contribution in [3.05, 3.63) is 92.8 Å². The van der Waals surface area contributed by atoms with Gasteiger partial charge in [0.2, 0.25) is 0 Å². The predicted molar refractivity (Wildman–Crippen MR) is 154 cm³/mol. The predicted octanol–water partition coefficient (Wildman–Crippen LogP) is 6.84. The lowest BCUT2D eigenvalue weighted by molar-refractivity contribution is -0.121. The quantitative estimate of drug-likeness (QED) is 0.199. The number of amides is 1. The Bertz CT molecular complexity index is 1370. The largest absolute Gasteiger partial charge is 0.490 e. The lowest BCUT2D eigenvalue weighted by atomic mass is 10.1. The Morgan fingerprint density at radius 3 is 2.39 bits per heavy atom. The van der Waals surface area contributed by atoms with Crippen molar-refractivity contribution in [3.63, 3.8) is 0 Å². The van der Waals surface area contributed by atoms with Gasteiger partial charge in [-0.05, 0) is 79.2 Å². The van der Waals surface area contributed by atoms with Crippen LogP contribution < -0.4 is 9.47 Å². The normalized spacial score (nSPS) is 15.3. The topological polar surface area (TPSA) is 77.4 Å². The molecule has 0 radical (unpaired) electrons. The third-order valence-corrected chi connectivity index (χ3v) is 7.24. The molecular weight excluding hydrogens is 568 g/mol. The van der Waals surface area contributed by atoms with Crippen LogP contribution in [-0.4, -0.2) is 42.2 Å². The van der Waals surface area contributed by atoms with Crippen LogP contribution in [0.25, 0.3) is 6.08 Å². The van der Waals surface area contributed by atoms with Gasteiger partial charge in [-0.2, -0.15) is 0 Å². The van der Waals surface area contributed by atoms with Crippen LogP contribution in [0.3, 0.4) is 0 Å². The van der Waals surface area contributed by atoms with E-state index in [9.17, 15) is 9.59 Å². The van der Waals surface area contributed by atoms with Crippen molar-refractivity contribution in [3.8, 4) is 11.5 Å². The van der Waals surface area contributed by atoms with Gasteiger partial charge >= 0.3 is 5.97 Å². The van der Waals surface area contributed by atoms with E-state index in [0.717, 1.165) is 15.6 Å². The number of amidine groups is 1. The Balaban J connectivity index is 1.55. The maximum atomic E-state index is 13.0. The molecule has 38 heavy (non-hydrogen) atoms. The maximum Gasteiger partial charge on any atom is 0.338 e. The number of halogens is 1. The highest BCUT2D eigenvalue weighted by molar-refractivity contribution is 9.10. The third kappa shape index (κ3) is 6.65. The number of nitrogens with zero attached hydrogens (tertiary/aromatic N) is 2. The molecule has 0 aromatic heterocycles. The molecule has 1 amide bonds. The molecule has 9 heteroatoms. The molecule has 0 spiro atoms. The fourth-order valence-corrected chi connectivity index (χ4v) is 4.98. The Morgan fingerprint density at radius 2 is 1.71 bits per heavy atom. The zero-order chi connectivity index (χ0) is 27.1. The second-order valence-electron chi connectivity index (χ2n) is 8.16. The molecule has 0 bridgehead atoms. The minimum absolute atomic E-state index is 0.161. The average Bonchev–Trinajstić information content (AvgIpc) is 3.18. The summed E-state index contributed by atoms with van der Waals surface area (Å²) in [4.78, 5) is 31.5. The molecule has 1 aliphatic rings. The van der Waals surface area contributed by atoms with Crippen LogP contribution in [0.5, 0.6) is 11.5 Å². The summed E-state index contributed by atoms with van der Waals surface area (Å²) in [6, 6.07) is 20.4. The Morgan fingerprint density at radius 1 is 1.00 bits per heavy atom. The summed E-state index contributed by atoms with van der Waals surface area (Å²) >= 11 is 4.89. The zero-order valence-corrected chi connectivity index (χ0v) is 23.7. The van der Waals surface area contributed by atoms with Gasteiger partial charge in [0, 0.05) is 11.5 Å². The van der Waals surface area contributed by atoms with Gasteiger partial charge in [0.05, 0.1) is 29.4 Å². The number of hydrogen-bond donors (Lipinski definition) is 0. The molecule has 4 rings (SSSR count). The van der Waals surface area contributed by atoms with Gasteiger partial charge in [0.1, 0.15) is 6.61 Å². The van der Waals surface area contributed by atoms with Gasteiger partial charge in [-0.3, -0.25) is 9.69 Å². The van der Waals surface area contributed by atoms with E-state index in [1.807, 2.05) is 55.5 Å². The molecule has 1 heterocycles. The average molecular weight is 596 g/mol. The van der Waals surface area contributed by atoms with E-state index >= 15 is 0 Å². The van der Waals surface area contributed by atoms with Gasteiger partial charge < -0.3 is 14.2 Å². The minimum Gasteiger partial charge on any atom is -0.490 e. The second kappa shape index (κ2) is 12.8. The molecule has 1 fully saturated rings. The van der Waals surface area contributed by atoms with Crippen LogP contribution in [0.15, 0.2) is 81.1 Å². The number of thioether (sulfide) groups is 1. The van der Waals surface area contributed by atoms with Gasteiger partial charge in [-0.1, -0.05) is 46.3 Å². The first-order valence-corrected chi connectivity index (χ1v) is 13.7. The molecule has 0 saturated carbocycles. The molecule has 1 saturated heterocycles. The number of esters is 1. The standard InChI is InChI=1S/C29H27BrN2O5S/c1-4-35-24-15-21(23(30)17-25(24)37-18-19-9-7-6-8-10-19)16-26-27(33)32(3)29(38-26)31-22-13-11-20(12-14-22)28(34)36-5-2/h6-17H,4-5,18H2,1-3H3. The zero-order valence-electron chi connectivity index (χ0n) is 21.3. The molecule has 1 aliphatic heterocycles. The van der Waals surface area contributed by atoms with E-state index in [-0.39, 0.29) is 11.9 Å². The molecule has 0 unspecified atom stereocenters. The van der Waals surface area contributed by atoms with Crippen molar-refractivity contribution in [2.45, 2.75) is 20.5 Å². The van der Waals surface area contributed by atoms with Crippen LogP contribution in [0.1, 0.15) is 35.3 Å². The molecule has 0 aliphatic carbocycles. The van der Waals surface area contributed by atoms with E-state index in [0.29, 0.717) is 52.6 Å². The van der Waals surface area contributed by atoms with Gasteiger partial charge in [-0.25, -0.2) is 9.79 Å². The number of hydrogen-bond acceptors (Lipinski definition) is 7. The highest BCUT2D eigenvalue weighted by Crippen LogP contribution is 2.38. The lowest BCUT2D eigenvalue weighted by Crippen LogP contribution is -2.23. The lowest BCUT2D eigenvalue weighted by Gasteiger charge is -2.14. The summed E-state index contributed by atoms with van der Waals surface area (Å²) < 4.78 is 17.7. The molecule has 3 aromatic rings. The van der Waals surface area contributed by atoms with Crippen molar-refractivity contribution < 1.29 is 23.8 Å². The Labute approximate surface area is 234 Å². The summed E-state index contributed by atoms with van der Waals surface area (Å²) in [7, 11) is 1.68. The third-order valence-electron chi connectivity index (χ3n) is 5.49. The Kier molecular flexibility index (Phi) is 9.25. The summed E-state index contributed by atoms with van der Waals surface area (Å²) in [5, 5.41) is 0.536. The van der Waals surface area contributed by atoms with Crippen molar-refractivity contribution in [2.24, 2.45) is 4.99 Å². The SMILES string of the molecule is CCOC(=O)c1ccc(N=C2SC(=Cc3cc(OCC)c(OCc4ccccc4)cc3Br)C(=O)N2C)cc1. The summed E-state index contributed by atoms with van der Waals surface area (Å²) in [6.07, 6.45) is 1.81. The number of carbonyl (C=O) groups is 2. The van der Waals surface area contributed by atoms with Crippen LogP contribution in [-0.2, 0) is 16.1 Å². The van der Waals surface area contributed by atoms with E-state index in [1.54, 1.807) is 38.2 Å². The first-order chi connectivity index (χ1) is 18.4. The van der Waals surface area contributed by atoms with E-state index in [2.05, 4.69) is 20.9 Å². The van der Waals surface area contributed by atoms with Crippen LogP contribution >= 0.6 is 27.7 Å². The number of aliphatic imine (C=N–C) groups is 1. The number of rotatable bonds is 9. The highest BCUT2D eigenvalue weighted by atomic mass is 79.9. The van der Waals surface area contributed by atoms with Gasteiger partial charge in [0.15, 0.2) is 16.7 Å². The molecule has 196 valence electrons. The number of carbonyl (C=O) groups excluding carboxylic acids is 2. The summed E-state index contributed by atoms with van der Waals surface area (Å²) in [6.45, 7) is 4.87. The molecule has 0 atom stereocenters. The van der Waals surface area contributed by atoms with E-state index < -0.39 is 0 Å². The molecule has 0 N–H and O–H groups in total. The second-order valence-corrected chi connectivity index (χ2v) is 10.0. The van der Waals surface area contributed by atoms with Crippen molar-refractivity contribution in [2.75, 3.05) is 20.3 Å². The monoisotopic (exact) mass is 594 g/mol. The first kappa shape index (κ1) is 27.5. The highest BCUT2D eigenvalue weighted by Gasteiger charge is 2.30. The number of ether oxygens (including phenoxy) is 3. The molecular formula is C29H27BrN2O5S. The summed E-state index contributed by atoms with van der Waals surface area (Å²) in [5.74, 6) is 0.665. The van der Waals surface area contributed by atoms with Crippen molar-refractivity contribution >= 4 is 56.5 Å². The molecule has 3 aromatic carbocycles. The van der Waals surface area contributed by atoms with Crippen molar-refractivity contribution in [1.82, 2.24) is 4.90 Å². The van der Waals surface area contributed by atoms with Crippen molar-refractivity contribution in [1.29, 1.82) is 0 Å². The fraction of sp³-hybridized carbons (Fsp3) is 0.207. The number of benzene rings is 3. The maximum absolute atomic E-state index is 13.0. The van der Waals surface area contributed by atoms with Crippen LogP contribution in [0.4, 0.5) is 5.69 Å². The first-order valence-electron chi connectivity index (χ1n) is 12.1. The smallest absolute Gasteiger partial charge is 0.338 e. The Hall–Kier alpha value is -3.56. The van der Waals surface area contributed by atoms with E-state index in [4.69, 9.17) is 14.2 Å².